The van der Waals surface area contributed by atoms with Crippen LogP contribution in [0.4, 0.5) is 5.69 Å². The molecule has 1 aliphatic heterocycles. The van der Waals surface area contributed by atoms with Gasteiger partial charge in [-0.15, -0.1) is 0 Å². The summed E-state index contributed by atoms with van der Waals surface area (Å²) in [4.78, 5) is 16.6. The number of likely N-dealkylation sites (N-methyl/N-ethyl adjacent to an activating group) is 1. The molecule has 1 unspecified atom stereocenters. The number of carbonyl (C=O) groups is 1. The summed E-state index contributed by atoms with van der Waals surface area (Å²) in [6.07, 6.45) is 1.29. The van der Waals surface area contributed by atoms with Crippen LogP contribution in [0.3, 0.4) is 0 Å². The number of hydrogen-bond acceptors (Lipinski definition) is 11. The first-order valence-corrected chi connectivity index (χ1v) is 19.0. The lowest BCUT2D eigenvalue weighted by molar-refractivity contribution is -0.337. The van der Waals surface area contributed by atoms with Crippen molar-refractivity contribution in [3.05, 3.63) is 59.7 Å². The van der Waals surface area contributed by atoms with Gasteiger partial charge in [0.2, 0.25) is 0 Å². The standard InChI is InChI=1S/C37H45N3O9S/c1-5-40-20-34(49-33(41)22-11-7-8-12-25(22)39-50(44,45)27-13-9-6-10-21(27)19-38)15-14-30(47-3)36-28(34)17-24(31(36)40)35(42)18-26(46-2)23-16-29(36)37(35,43)32(23)48-4/h6-13,23-24,26,28-32,39,42-43H,5,14-18,20H2,1-4H3/t23-,24+,26+,28-,29+,30+,31?,32+,34-,35+,36+,37+/m1/s1. The topological polar surface area (TPSA) is 168 Å². The van der Waals surface area contributed by atoms with Gasteiger partial charge in [-0.3, -0.25) is 9.62 Å². The van der Waals surface area contributed by atoms with Crippen molar-refractivity contribution in [1.29, 1.82) is 5.26 Å². The molecule has 13 heteroatoms. The van der Waals surface area contributed by atoms with Crippen molar-refractivity contribution in [2.45, 2.75) is 85.1 Å². The number of methoxy groups -OCH3 is 3. The van der Waals surface area contributed by atoms with E-state index >= 15 is 0 Å². The molecule has 2 aromatic carbocycles. The lowest BCUT2D eigenvalue weighted by atomic mass is 9.44. The van der Waals surface area contributed by atoms with Gasteiger partial charge in [0, 0.05) is 69.4 Å². The van der Waals surface area contributed by atoms with E-state index in [1.807, 2.05) is 6.07 Å². The molecule has 50 heavy (non-hydrogen) atoms. The molecule has 268 valence electrons. The number of sulfonamides is 1. The Kier molecular flexibility index (Phi) is 7.79. The van der Waals surface area contributed by atoms with Crippen LogP contribution in [-0.2, 0) is 29.0 Å². The Bertz CT molecular complexity index is 1870. The second-order valence-corrected chi connectivity index (χ2v) is 16.9. The molecule has 0 amide bonds. The van der Waals surface area contributed by atoms with Gasteiger partial charge in [-0.25, -0.2) is 13.2 Å². The quantitative estimate of drug-likeness (QED) is 0.328. The van der Waals surface area contributed by atoms with Crippen LogP contribution >= 0.6 is 0 Å². The maximum absolute atomic E-state index is 14.5. The first-order valence-electron chi connectivity index (χ1n) is 17.5. The lowest BCUT2D eigenvalue weighted by Crippen LogP contribution is -2.83. The highest BCUT2D eigenvalue weighted by Gasteiger charge is 2.89. The number of nitrogens with zero attached hydrogens (tertiary/aromatic N) is 2. The molecule has 0 radical (unpaired) electrons. The van der Waals surface area contributed by atoms with Crippen LogP contribution in [0.15, 0.2) is 53.4 Å². The van der Waals surface area contributed by atoms with Gasteiger partial charge >= 0.3 is 5.97 Å². The maximum Gasteiger partial charge on any atom is 0.340 e. The molecule has 7 bridgehead atoms. The molecule has 12 nitrogen and oxygen atoms in total. The first-order chi connectivity index (χ1) is 23.9. The van der Waals surface area contributed by atoms with Crippen LogP contribution < -0.4 is 4.72 Å². The number of anilines is 1. The van der Waals surface area contributed by atoms with Crippen molar-refractivity contribution >= 4 is 21.7 Å². The summed E-state index contributed by atoms with van der Waals surface area (Å²) in [6.45, 7) is 3.14. The van der Waals surface area contributed by atoms with Crippen molar-refractivity contribution in [1.82, 2.24) is 4.90 Å². The number of nitriles is 1. The van der Waals surface area contributed by atoms with Gasteiger partial charge in [0.05, 0.1) is 35.1 Å². The highest BCUT2D eigenvalue weighted by molar-refractivity contribution is 7.92. The zero-order chi connectivity index (χ0) is 35.4. The summed E-state index contributed by atoms with van der Waals surface area (Å²) in [5, 5.41) is 35.4. The molecule has 1 heterocycles. The fourth-order valence-corrected chi connectivity index (χ4v) is 13.6. The number of likely N-dealkylation sites (tertiary alicyclic amines) is 1. The van der Waals surface area contributed by atoms with E-state index < -0.39 is 50.2 Å². The number of ether oxygens (including phenoxy) is 4. The highest BCUT2D eigenvalue weighted by atomic mass is 32.2. The summed E-state index contributed by atoms with van der Waals surface area (Å²) >= 11 is 0. The normalized spacial score (nSPS) is 42.5. The van der Waals surface area contributed by atoms with Crippen LogP contribution in [0.2, 0.25) is 0 Å². The molecule has 0 aromatic heterocycles. The average molecular weight is 708 g/mol. The molecule has 6 aliphatic rings. The molecule has 12 atom stereocenters. The van der Waals surface area contributed by atoms with Gasteiger partial charge in [0.15, 0.2) is 0 Å². The van der Waals surface area contributed by atoms with Gasteiger partial charge in [-0.1, -0.05) is 31.2 Å². The SMILES string of the molecule is CCN1C[C@]2(OC(=O)c3ccccc3NS(=O)(=O)c3ccccc3C#N)CC[C@H](OC)[C@]34C1[C@H](C[C@H]23)[C@@]1(O)C[C@H](OC)[C@H]2C[C@@H]4[C@]1(O)[C@H]2OC. The smallest absolute Gasteiger partial charge is 0.340 e. The molecular formula is C37H45N3O9S. The van der Waals surface area contributed by atoms with Crippen molar-refractivity contribution < 1.29 is 42.4 Å². The molecular weight excluding hydrogens is 662 g/mol. The monoisotopic (exact) mass is 707 g/mol. The predicted octanol–water partition coefficient (Wildman–Crippen LogP) is 2.94. The highest BCUT2D eigenvalue weighted by Crippen LogP contribution is 2.79. The van der Waals surface area contributed by atoms with Crippen LogP contribution in [0.25, 0.3) is 0 Å². The van der Waals surface area contributed by atoms with Crippen molar-refractivity contribution in [3.8, 4) is 6.07 Å². The van der Waals surface area contributed by atoms with E-state index in [2.05, 4.69) is 16.5 Å². The summed E-state index contributed by atoms with van der Waals surface area (Å²) in [5.74, 6) is -1.83. The van der Waals surface area contributed by atoms with E-state index in [4.69, 9.17) is 18.9 Å². The minimum atomic E-state index is -4.23. The van der Waals surface area contributed by atoms with Crippen LogP contribution in [0, 0.1) is 40.4 Å². The summed E-state index contributed by atoms with van der Waals surface area (Å²) in [6, 6.07) is 14.0. The van der Waals surface area contributed by atoms with E-state index in [0.717, 1.165) is 0 Å². The minimum absolute atomic E-state index is 0.0160. The Hall–Kier alpha value is -3.09. The first kappa shape index (κ1) is 34.0. The van der Waals surface area contributed by atoms with Gasteiger partial charge in [-0.2, -0.15) is 5.26 Å². The number of esters is 1. The Balaban J connectivity index is 1.21. The number of piperidine rings is 1. The van der Waals surface area contributed by atoms with E-state index in [-0.39, 0.29) is 64.1 Å². The maximum atomic E-state index is 14.5. The number of rotatable bonds is 9. The summed E-state index contributed by atoms with van der Waals surface area (Å²) in [7, 11) is 0.725. The van der Waals surface area contributed by atoms with E-state index in [1.165, 1.54) is 30.3 Å². The molecule has 5 aliphatic carbocycles. The second kappa shape index (κ2) is 11.5. The van der Waals surface area contributed by atoms with Crippen LogP contribution in [0.5, 0.6) is 0 Å². The van der Waals surface area contributed by atoms with Crippen LogP contribution in [-0.4, -0.2) is 105 Å². The fourth-order valence-electron chi connectivity index (χ4n) is 12.4. The summed E-state index contributed by atoms with van der Waals surface area (Å²) in [5.41, 5.74) is -4.65. The van der Waals surface area contributed by atoms with Crippen molar-refractivity contribution in [3.63, 3.8) is 0 Å². The third kappa shape index (κ3) is 4.07. The average Bonchev–Trinajstić information content (AvgIpc) is 3.54. The van der Waals surface area contributed by atoms with E-state index in [9.17, 15) is 28.7 Å². The van der Waals surface area contributed by atoms with Crippen molar-refractivity contribution in [2.75, 3.05) is 39.1 Å². The third-order valence-corrected chi connectivity index (χ3v) is 15.3. The number of fused-ring (bicyclic) bond motifs is 2. The minimum Gasteiger partial charge on any atom is -0.454 e. The Labute approximate surface area is 292 Å². The molecule has 3 N–H and O–H groups in total. The largest absolute Gasteiger partial charge is 0.454 e. The molecule has 5 saturated carbocycles. The number of aliphatic hydroxyl groups is 2. The Morgan fingerprint density at radius 2 is 1.78 bits per heavy atom. The molecule has 1 spiro atoms. The number of hydrogen-bond donors (Lipinski definition) is 3. The Morgan fingerprint density at radius 1 is 1.04 bits per heavy atom. The van der Waals surface area contributed by atoms with Crippen molar-refractivity contribution in [2.24, 2.45) is 29.1 Å². The zero-order valence-corrected chi connectivity index (χ0v) is 29.6. The number of para-hydroxylation sites is 1. The molecule has 8 rings (SSSR count). The van der Waals surface area contributed by atoms with E-state index in [0.29, 0.717) is 38.8 Å². The number of carbonyl (C=O) groups excluding carboxylic acids is 1. The third-order valence-electron chi connectivity index (χ3n) is 13.9. The summed E-state index contributed by atoms with van der Waals surface area (Å²) < 4.78 is 54.7. The van der Waals surface area contributed by atoms with Gasteiger partial charge in [-0.05, 0) is 56.5 Å². The molecule has 6 fully saturated rings. The Morgan fingerprint density at radius 3 is 2.48 bits per heavy atom. The van der Waals surface area contributed by atoms with E-state index in [1.54, 1.807) is 39.5 Å². The lowest BCUT2D eigenvalue weighted by Gasteiger charge is -2.70. The number of benzene rings is 2. The second-order valence-electron chi connectivity index (χ2n) is 15.2. The van der Waals surface area contributed by atoms with Gasteiger partial charge in [0.25, 0.3) is 10.0 Å². The molecule has 2 aromatic rings. The zero-order valence-electron chi connectivity index (χ0n) is 28.7. The van der Waals surface area contributed by atoms with Gasteiger partial charge < -0.3 is 29.2 Å². The predicted molar refractivity (Wildman–Crippen MR) is 179 cm³/mol. The van der Waals surface area contributed by atoms with Crippen LogP contribution in [0.1, 0.15) is 54.9 Å². The van der Waals surface area contributed by atoms with Gasteiger partial charge in [0.1, 0.15) is 27.8 Å². The fraction of sp³-hybridized carbons (Fsp3) is 0.622. The molecule has 1 saturated heterocycles. The number of nitrogens with one attached hydrogen (secondary N) is 1.